The molecule has 1 aliphatic rings. The average Bonchev–Trinajstić information content (AvgIpc) is 3.06. The minimum Gasteiger partial charge on any atom is -0.384 e. The smallest absolute Gasteiger partial charge is 0.274 e. The molecule has 0 bridgehead atoms. The van der Waals surface area contributed by atoms with Gasteiger partial charge in [0, 0.05) is 0 Å². The molecule has 2 heterocycles. The van der Waals surface area contributed by atoms with Crippen LogP contribution in [0.15, 0.2) is 58.9 Å². The molecule has 1 atom stereocenters. The van der Waals surface area contributed by atoms with E-state index < -0.39 is 5.92 Å². The summed E-state index contributed by atoms with van der Waals surface area (Å²) in [6.07, 6.45) is 1.78. The van der Waals surface area contributed by atoms with E-state index in [1.54, 1.807) is 6.08 Å². The van der Waals surface area contributed by atoms with Gasteiger partial charge in [-0.2, -0.15) is 10.5 Å². The molecule has 1 aliphatic heterocycles. The standard InChI is InChI=1S/C24H18N4OS/c1-14-3-7-16(8-4-14)11-20-23(29)28-22(27)18(12-25)21(19(13-26)24(28)30-20)17-9-5-15(2)6-10-17/h3-11,21H,27H2,1-2H3/b20-11+. The van der Waals surface area contributed by atoms with E-state index in [9.17, 15) is 15.3 Å². The van der Waals surface area contributed by atoms with Gasteiger partial charge < -0.3 is 5.73 Å². The maximum Gasteiger partial charge on any atom is 0.274 e. The molecule has 2 N–H and O–H groups in total. The summed E-state index contributed by atoms with van der Waals surface area (Å²) in [5.41, 5.74) is 10.4. The Kier molecular flexibility index (Phi) is 4.87. The van der Waals surface area contributed by atoms with E-state index in [1.807, 2.05) is 62.4 Å². The molecule has 30 heavy (non-hydrogen) atoms. The van der Waals surface area contributed by atoms with E-state index in [-0.39, 0.29) is 17.0 Å². The van der Waals surface area contributed by atoms with Gasteiger partial charge in [0.05, 0.1) is 33.7 Å². The van der Waals surface area contributed by atoms with Crippen LogP contribution in [0.2, 0.25) is 0 Å². The first kappa shape index (κ1) is 19.4. The van der Waals surface area contributed by atoms with Gasteiger partial charge in [-0.05, 0) is 31.1 Å². The fourth-order valence-corrected chi connectivity index (χ4v) is 4.69. The molecular formula is C24H18N4OS. The molecule has 146 valence electrons. The molecule has 6 heteroatoms. The van der Waals surface area contributed by atoms with Crippen LogP contribution in [0.1, 0.15) is 28.2 Å². The van der Waals surface area contributed by atoms with Gasteiger partial charge in [-0.3, -0.25) is 9.36 Å². The number of fused-ring (bicyclic) bond motifs is 1. The second-order valence-corrected chi connectivity index (χ2v) is 8.28. The summed E-state index contributed by atoms with van der Waals surface area (Å²) in [6.45, 7) is 3.97. The lowest BCUT2D eigenvalue weighted by atomic mass is 9.84. The summed E-state index contributed by atoms with van der Waals surface area (Å²) in [7, 11) is 0. The monoisotopic (exact) mass is 410 g/mol. The third-order valence-electron chi connectivity index (χ3n) is 5.17. The van der Waals surface area contributed by atoms with E-state index in [0.29, 0.717) is 14.8 Å². The first-order valence-electron chi connectivity index (χ1n) is 9.36. The molecule has 2 aromatic carbocycles. The van der Waals surface area contributed by atoms with Crippen molar-refractivity contribution in [3.63, 3.8) is 0 Å². The second-order valence-electron chi connectivity index (χ2n) is 7.25. The zero-order valence-electron chi connectivity index (χ0n) is 16.5. The summed E-state index contributed by atoms with van der Waals surface area (Å²) in [5, 5.41) is 19.8. The third-order valence-corrected chi connectivity index (χ3v) is 6.28. The zero-order chi connectivity index (χ0) is 21.4. The summed E-state index contributed by atoms with van der Waals surface area (Å²) >= 11 is 1.22. The van der Waals surface area contributed by atoms with Crippen molar-refractivity contribution < 1.29 is 0 Å². The minimum atomic E-state index is -0.592. The second kappa shape index (κ2) is 7.51. The predicted molar refractivity (Wildman–Crippen MR) is 119 cm³/mol. The lowest BCUT2D eigenvalue weighted by Crippen LogP contribution is -2.38. The van der Waals surface area contributed by atoms with E-state index >= 15 is 0 Å². The highest BCUT2D eigenvalue weighted by Crippen LogP contribution is 2.35. The van der Waals surface area contributed by atoms with Gasteiger partial charge >= 0.3 is 0 Å². The summed E-state index contributed by atoms with van der Waals surface area (Å²) in [5.74, 6) is -0.507. The number of hydrogen-bond acceptors (Lipinski definition) is 5. The van der Waals surface area contributed by atoms with Gasteiger partial charge in [0.2, 0.25) is 0 Å². The van der Waals surface area contributed by atoms with Crippen molar-refractivity contribution in [1.29, 1.82) is 10.5 Å². The molecule has 5 nitrogen and oxygen atoms in total. The van der Waals surface area contributed by atoms with Crippen LogP contribution in [0.5, 0.6) is 0 Å². The minimum absolute atomic E-state index is 0.0851. The van der Waals surface area contributed by atoms with E-state index in [1.165, 1.54) is 15.9 Å². The molecule has 0 fully saturated rings. The van der Waals surface area contributed by atoms with Gasteiger partial charge in [-0.15, -0.1) is 11.3 Å². The molecule has 0 amide bonds. The highest BCUT2D eigenvalue weighted by molar-refractivity contribution is 7.07. The highest BCUT2D eigenvalue weighted by atomic mass is 32.1. The van der Waals surface area contributed by atoms with Crippen LogP contribution in [0.3, 0.4) is 0 Å². The van der Waals surface area contributed by atoms with Crippen molar-refractivity contribution >= 4 is 28.8 Å². The van der Waals surface area contributed by atoms with Crippen molar-refractivity contribution in [3.8, 4) is 12.1 Å². The molecule has 0 aliphatic carbocycles. The Bertz CT molecular complexity index is 1440. The molecule has 1 aromatic heterocycles. The van der Waals surface area contributed by atoms with Crippen LogP contribution in [0.4, 0.5) is 0 Å². The molecule has 3 aromatic rings. The number of nitrogens with two attached hydrogens (primary N) is 1. The topological polar surface area (TPSA) is 95.6 Å². The molecule has 0 radical (unpaired) electrons. The first-order chi connectivity index (χ1) is 14.4. The highest BCUT2D eigenvalue weighted by Gasteiger charge is 2.32. The molecule has 0 saturated carbocycles. The Balaban J connectivity index is 2.04. The fraction of sp³-hybridized carbons (Fsp3) is 0.125. The molecule has 0 saturated heterocycles. The third kappa shape index (κ3) is 3.14. The van der Waals surface area contributed by atoms with Crippen molar-refractivity contribution in [2.24, 2.45) is 5.73 Å². The van der Waals surface area contributed by atoms with Crippen molar-refractivity contribution in [2.75, 3.05) is 0 Å². The van der Waals surface area contributed by atoms with Crippen molar-refractivity contribution in [3.05, 3.63) is 95.9 Å². The predicted octanol–water partition coefficient (Wildman–Crippen LogP) is 2.48. The van der Waals surface area contributed by atoms with Gasteiger partial charge in [-0.1, -0.05) is 59.7 Å². The number of thiazole rings is 1. The van der Waals surface area contributed by atoms with E-state index in [2.05, 4.69) is 12.1 Å². The number of benzene rings is 2. The van der Waals surface area contributed by atoms with E-state index in [4.69, 9.17) is 5.73 Å². The van der Waals surface area contributed by atoms with Crippen LogP contribution in [-0.4, -0.2) is 4.57 Å². The molecule has 4 rings (SSSR count). The average molecular weight is 411 g/mol. The van der Waals surface area contributed by atoms with Crippen molar-refractivity contribution in [2.45, 2.75) is 19.8 Å². The number of nitrogens with zero attached hydrogens (tertiary/aromatic N) is 3. The van der Waals surface area contributed by atoms with E-state index in [0.717, 1.165) is 22.3 Å². The van der Waals surface area contributed by atoms with Crippen LogP contribution in [-0.2, 0) is 0 Å². The number of hydrogen-bond donors (Lipinski definition) is 1. The number of allylic oxidation sites excluding steroid dienone is 1. The number of aryl methyl sites for hydroxylation is 2. The Morgan fingerprint density at radius 1 is 0.967 bits per heavy atom. The largest absolute Gasteiger partial charge is 0.384 e. The molecule has 1 unspecified atom stereocenters. The number of nitriles is 2. The maximum atomic E-state index is 13.1. The SMILES string of the molecule is Cc1ccc(/C=c2/sc3n(c2=O)C(N)=C(C#N)C(c2ccc(C)cc2)C=3C#N)cc1. The summed E-state index contributed by atoms with van der Waals surface area (Å²) < 4.78 is 2.24. The molecular weight excluding hydrogens is 392 g/mol. The molecule has 0 spiro atoms. The summed E-state index contributed by atoms with van der Waals surface area (Å²) in [6, 6.07) is 19.8. The zero-order valence-corrected chi connectivity index (χ0v) is 17.3. The van der Waals surface area contributed by atoms with Crippen LogP contribution in [0, 0.1) is 36.5 Å². The maximum absolute atomic E-state index is 13.1. The quantitative estimate of drug-likeness (QED) is 0.702. The van der Waals surface area contributed by atoms with Crippen LogP contribution < -0.4 is 20.5 Å². The first-order valence-corrected chi connectivity index (χ1v) is 10.2. The van der Waals surface area contributed by atoms with Crippen LogP contribution >= 0.6 is 11.3 Å². The number of aromatic nitrogens is 1. The van der Waals surface area contributed by atoms with Gasteiger partial charge in [0.25, 0.3) is 5.56 Å². The van der Waals surface area contributed by atoms with Gasteiger partial charge in [0.1, 0.15) is 10.5 Å². The van der Waals surface area contributed by atoms with Gasteiger partial charge in [0.15, 0.2) is 0 Å². The Hall–Kier alpha value is -3.87. The summed E-state index contributed by atoms with van der Waals surface area (Å²) in [4.78, 5) is 13.1. The normalized spacial score (nSPS) is 16.2. The lowest BCUT2D eigenvalue weighted by molar-refractivity contribution is 0.906. The Morgan fingerprint density at radius 3 is 2.10 bits per heavy atom. The Morgan fingerprint density at radius 2 is 1.53 bits per heavy atom. The van der Waals surface area contributed by atoms with Crippen LogP contribution in [0.25, 0.3) is 17.5 Å². The van der Waals surface area contributed by atoms with Crippen molar-refractivity contribution in [1.82, 2.24) is 4.57 Å². The number of rotatable bonds is 2. The lowest BCUT2D eigenvalue weighted by Gasteiger charge is -2.22. The fourth-order valence-electron chi connectivity index (χ4n) is 3.56. The Labute approximate surface area is 177 Å². The van der Waals surface area contributed by atoms with Gasteiger partial charge in [-0.25, -0.2) is 0 Å².